The van der Waals surface area contributed by atoms with Gasteiger partial charge in [-0.3, -0.25) is 9.48 Å². The van der Waals surface area contributed by atoms with Crippen LogP contribution in [0.5, 0.6) is 0 Å². The first kappa shape index (κ1) is 13.5. The average molecular weight is 260 g/mol. The molecule has 0 radical (unpaired) electrons. The highest BCUT2D eigenvalue weighted by Crippen LogP contribution is 2.17. The molecule has 0 aromatic carbocycles. The molecule has 0 amide bonds. The largest absolute Gasteiger partial charge is 0.305 e. The summed E-state index contributed by atoms with van der Waals surface area (Å²) in [4.78, 5) is 19.5. The third kappa shape index (κ3) is 2.59. The maximum Gasteiger partial charge on any atom is 0.254 e. The molecular weight excluding hydrogens is 240 g/mol. The summed E-state index contributed by atoms with van der Waals surface area (Å²) in [5, 5.41) is 4.25. The number of aromatic amines is 1. The van der Waals surface area contributed by atoms with Crippen LogP contribution >= 0.6 is 0 Å². The quantitative estimate of drug-likeness (QED) is 0.918. The number of nitrogens with zero attached hydrogens (tertiary/aromatic N) is 3. The van der Waals surface area contributed by atoms with Crippen LogP contribution in [0.1, 0.15) is 44.4 Å². The number of aromatic nitrogens is 4. The topological polar surface area (TPSA) is 63.6 Å². The Labute approximate surface area is 112 Å². The second-order valence-electron chi connectivity index (χ2n) is 5.01. The van der Waals surface area contributed by atoms with Crippen molar-refractivity contribution in [3.05, 3.63) is 33.9 Å². The number of aryl methyl sites for hydroxylation is 2. The van der Waals surface area contributed by atoms with E-state index < -0.39 is 0 Å². The molecule has 0 fully saturated rings. The number of rotatable bonds is 4. The first-order chi connectivity index (χ1) is 9.04. The van der Waals surface area contributed by atoms with E-state index >= 15 is 0 Å². The molecule has 2 rings (SSSR count). The van der Waals surface area contributed by atoms with Gasteiger partial charge in [0.2, 0.25) is 0 Å². The molecule has 0 saturated carbocycles. The fourth-order valence-electron chi connectivity index (χ4n) is 2.32. The molecule has 2 heterocycles. The highest BCUT2D eigenvalue weighted by Gasteiger charge is 2.14. The zero-order valence-electron chi connectivity index (χ0n) is 11.9. The lowest BCUT2D eigenvalue weighted by molar-refractivity contribution is 0.606. The Bertz CT molecular complexity index is 625. The lowest BCUT2D eigenvalue weighted by atomic mass is 10.0. The van der Waals surface area contributed by atoms with Crippen LogP contribution in [0.15, 0.2) is 17.1 Å². The molecule has 0 aliphatic carbocycles. The van der Waals surface area contributed by atoms with E-state index in [0.29, 0.717) is 5.82 Å². The Kier molecular flexibility index (Phi) is 3.83. The van der Waals surface area contributed by atoms with Crippen molar-refractivity contribution in [2.75, 3.05) is 0 Å². The van der Waals surface area contributed by atoms with Gasteiger partial charge in [-0.25, -0.2) is 4.98 Å². The molecule has 2 aromatic rings. The lowest BCUT2D eigenvalue weighted by Crippen LogP contribution is -2.19. The Hall–Kier alpha value is -1.91. The van der Waals surface area contributed by atoms with E-state index in [1.54, 1.807) is 6.20 Å². The predicted octanol–water partition coefficient (Wildman–Crippen LogP) is 2.48. The lowest BCUT2D eigenvalue weighted by Gasteiger charge is -2.10. The number of nitrogens with one attached hydrogen (secondary N) is 1. The van der Waals surface area contributed by atoms with Crippen LogP contribution in [0, 0.1) is 6.92 Å². The van der Waals surface area contributed by atoms with Crippen molar-refractivity contribution in [1.29, 1.82) is 0 Å². The molecule has 0 aliphatic rings. The van der Waals surface area contributed by atoms with Gasteiger partial charge >= 0.3 is 0 Å². The van der Waals surface area contributed by atoms with Crippen molar-refractivity contribution < 1.29 is 0 Å². The molecular formula is C14H20N4O. The number of H-pyrrole nitrogens is 1. The Balaban J connectivity index is 2.52. The molecule has 0 bridgehead atoms. The Morgan fingerprint density at radius 2 is 2.16 bits per heavy atom. The summed E-state index contributed by atoms with van der Waals surface area (Å²) in [5.74, 6) is 0.767. The second-order valence-corrected chi connectivity index (χ2v) is 5.01. The van der Waals surface area contributed by atoms with Gasteiger partial charge in [-0.15, -0.1) is 0 Å². The fourth-order valence-corrected chi connectivity index (χ4v) is 2.32. The smallest absolute Gasteiger partial charge is 0.254 e. The predicted molar refractivity (Wildman–Crippen MR) is 75.2 cm³/mol. The van der Waals surface area contributed by atoms with E-state index in [-0.39, 0.29) is 11.5 Å². The second kappa shape index (κ2) is 5.38. The van der Waals surface area contributed by atoms with E-state index in [1.165, 1.54) is 0 Å². The molecule has 5 heteroatoms. The number of hydrogen-bond donors (Lipinski definition) is 1. The van der Waals surface area contributed by atoms with Gasteiger partial charge in [-0.1, -0.05) is 20.8 Å². The van der Waals surface area contributed by atoms with Crippen molar-refractivity contribution >= 4 is 0 Å². The van der Waals surface area contributed by atoms with Crippen LogP contribution < -0.4 is 5.56 Å². The Morgan fingerprint density at radius 1 is 1.42 bits per heavy atom. The average Bonchev–Trinajstić information content (AvgIpc) is 2.76. The monoisotopic (exact) mass is 260 g/mol. The molecule has 19 heavy (non-hydrogen) atoms. The van der Waals surface area contributed by atoms with Crippen molar-refractivity contribution in [2.24, 2.45) is 0 Å². The summed E-state index contributed by atoms with van der Waals surface area (Å²) in [5.41, 5.74) is 2.35. The standard InChI is InChI=1S/C14H20N4O/c1-5-8-18-11(6-7-15-18)13-16-10(4)12(9(2)3)14(19)17-13/h6-7,9H,5,8H2,1-4H3,(H,16,17,19). The van der Waals surface area contributed by atoms with Gasteiger partial charge in [0.15, 0.2) is 5.82 Å². The van der Waals surface area contributed by atoms with Crippen molar-refractivity contribution in [2.45, 2.75) is 46.6 Å². The van der Waals surface area contributed by atoms with Crippen LogP contribution in [-0.4, -0.2) is 19.7 Å². The molecule has 0 unspecified atom stereocenters. The van der Waals surface area contributed by atoms with E-state index in [9.17, 15) is 4.79 Å². The van der Waals surface area contributed by atoms with Crippen molar-refractivity contribution in [3.63, 3.8) is 0 Å². The van der Waals surface area contributed by atoms with Crippen molar-refractivity contribution in [1.82, 2.24) is 19.7 Å². The first-order valence-corrected chi connectivity index (χ1v) is 6.67. The highest BCUT2D eigenvalue weighted by molar-refractivity contribution is 5.49. The molecule has 5 nitrogen and oxygen atoms in total. The highest BCUT2D eigenvalue weighted by atomic mass is 16.1. The molecule has 2 aromatic heterocycles. The summed E-state index contributed by atoms with van der Waals surface area (Å²) < 4.78 is 1.87. The fraction of sp³-hybridized carbons (Fsp3) is 0.500. The molecule has 0 saturated heterocycles. The Morgan fingerprint density at radius 3 is 2.74 bits per heavy atom. The molecule has 102 valence electrons. The summed E-state index contributed by atoms with van der Waals surface area (Å²) in [6.45, 7) is 8.79. The van der Waals surface area contributed by atoms with E-state index in [0.717, 1.165) is 29.9 Å². The molecule has 1 N–H and O–H groups in total. The van der Waals surface area contributed by atoms with E-state index in [2.05, 4.69) is 22.0 Å². The summed E-state index contributed by atoms with van der Waals surface area (Å²) in [6, 6.07) is 1.88. The molecule has 0 aliphatic heterocycles. The van der Waals surface area contributed by atoms with Gasteiger partial charge in [0.25, 0.3) is 5.56 Å². The van der Waals surface area contributed by atoms with Crippen LogP contribution in [0.3, 0.4) is 0 Å². The van der Waals surface area contributed by atoms with E-state index in [4.69, 9.17) is 0 Å². The van der Waals surface area contributed by atoms with Gasteiger partial charge in [0, 0.05) is 24.0 Å². The normalized spacial score (nSPS) is 11.2. The zero-order valence-corrected chi connectivity index (χ0v) is 11.9. The third-order valence-electron chi connectivity index (χ3n) is 3.12. The van der Waals surface area contributed by atoms with Crippen LogP contribution in [0.4, 0.5) is 0 Å². The maximum absolute atomic E-state index is 12.1. The minimum atomic E-state index is -0.0539. The van der Waals surface area contributed by atoms with Crippen LogP contribution in [0.25, 0.3) is 11.5 Å². The van der Waals surface area contributed by atoms with Crippen LogP contribution in [-0.2, 0) is 6.54 Å². The first-order valence-electron chi connectivity index (χ1n) is 6.67. The summed E-state index contributed by atoms with van der Waals surface area (Å²) >= 11 is 0. The molecule has 0 spiro atoms. The SMILES string of the molecule is CCCn1nccc1-c1nc(C)c(C(C)C)c(=O)[nH]1. The van der Waals surface area contributed by atoms with Gasteiger partial charge < -0.3 is 4.98 Å². The minimum absolute atomic E-state index is 0.0539. The third-order valence-corrected chi connectivity index (χ3v) is 3.12. The van der Waals surface area contributed by atoms with Gasteiger partial charge in [0.05, 0.1) is 0 Å². The summed E-state index contributed by atoms with van der Waals surface area (Å²) in [6.07, 6.45) is 2.72. The minimum Gasteiger partial charge on any atom is -0.305 e. The number of hydrogen-bond acceptors (Lipinski definition) is 3. The van der Waals surface area contributed by atoms with Gasteiger partial charge in [0.1, 0.15) is 5.69 Å². The van der Waals surface area contributed by atoms with Crippen LogP contribution in [0.2, 0.25) is 0 Å². The maximum atomic E-state index is 12.1. The zero-order chi connectivity index (χ0) is 14.0. The molecule has 0 atom stereocenters. The van der Waals surface area contributed by atoms with Gasteiger partial charge in [-0.05, 0) is 25.3 Å². The van der Waals surface area contributed by atoms with Gasteiger partial charge in [-0.2, -0.15) is 5.10 Å². The summed E-state index contributed by atoms with van der Waals surface area (Å²) in [7, 11) is 0. The van der Waals surface area contributed by atoms with Crippen molar-refractivity contribution in [3.8, 4) is 11.5 Å². The van der Waals surface area contributed by atoms with E-state index in [1.807, 2.05) is 31.5 Å².